The van der Waals surface area contributed by atoms with Gasteiger partial charge in [0, 0.05) is 44.1 Å². The molecule has 184 valence electrons. The second kappa shape index (κ2) is 9.24. The van der Waals surface area contributed by atoms with Crippen LogP contribution in [0.25, 0.3) is 0 Å². The van der Waals surface area contributed by atoms with Gasteiger partial charge in [-0.3, -0.25) is 14.3 Å². The number of imidazole rings is 1. The summed E-state index contributed by atoms with van der Waals surface area (Å²) in [7, 11) is 0. The second-order valence-electron chi connectivity index (χ2n) is 9.02. The fourth-order valence-electron chi connectivity index (χ4n) is 4.45. The molecular weight excluding hydrogens is 455 g/mol. The topological polar surface area (TPSA) is 93.7 Å². The number of ether oxygens (including phenoxy) is 1. The first-order chi connectivity index (χ1) is 16.0. The van der Waals surface area contributed by atoms with Gasteiger partial charge in [-0.2, -0.15) is 13.2 Å². The third kappa shape index (κ3) is 5.49. The van der Waals surface area contributed by atoms with E-state index in [2.05, 4.69) is 9.88 Å². The molecule has 1 atom stereocenters. The number of carbonyl (C=O) groups excluding carboxylic acids is 1. The Labute approximate surface area is 194 Å². The summed E-state index contributed by atoms with van der Waals surface area (Å²) >= 11 is 0. The molecule has 1 fully saturated rings. The lowest BCUT2D eigenvalue weighted by atomic mass is 10.0. The molecule has 1 saturated heterocycles. The Morgan fingerprint density at radius 2 is 1.88 bits per heavy atom. The number of alkyl halides is 3. The fourth-order valence-corrected chi connectivity index (χ4v) is 4.45. The number of aryl methyl sites for hydroxylation is 1. The highest BCUT2D eigenvalue weighted by atomic mass is 19.4. The molecule has 2 aliphatic heterocycles. The standard InChI is InChI=1S/C22H26F3N5O4/c1-21(15-29-13-18(30(32)33)26-20(29)34-21)14-27-9-11-28(12-10-27)19(31)4-2-3-16-5-7-17(8-6-16)22(23,24)25/h5-8,13H,2-4,9-12,14-15H2,1H3. The maximum absolute atomic E-state index is 12.6. The van der Waals surface area contributed by atoms with E-state index in [1.54, 1.807) is 4.57 Å². The maximum atomic E-state index is 12.6. The van der Waals surface area contributed by atoms with Gasteiger partial charge in [0.15, 0.2) is 0 Å². The summed E-state index contributed by atoms with van der Waals surface area (Å²) in [5.74, 6) is -0.190. The first kappa shape index (κ1) is 24.0. The fraction of sp³-hybridized carbons (Fsp3) is 0.545. The average molecular weight is 481 g/mol. The molecule has 1 amide bonds. The SMILES string of the molecule is CC1(CN2CCN(C(=O)CCCc3ccc(C(F)(F)F)cc3)CC2)Cn2cc([N+](=O)[O-])nc2O1. The van der Waals surface area contributed by atoms with Gasteiger partial charge in [-0.15, -0.1) is 0 Å². The zero-order valence-corrected chi connectivity index (χ0v) is 18.8. The van der Waals surface area contributed by atoms with Gasteiger partial charge in [0.05, 0.1) is 12.1 Å². The molecule has 2 aromatic rings. The van der Waals surface area contributed by atoms with Crippen molar-refractivity contribution in [3.05, 3.63) is 51.7 Å². The Morgan fingerprint density at radius 1 is 1.21 bits per heavy atom. The second-order valence-corrected chi connectivity index (χ2v) is 9.02. The summed E-state index contributed by atoms with van der Waals surface area (Å²) < 4.78 is 45.5. The van der Waals surface area contributed by atoms with E-state index in [4.69, 9.17) is 4.74 Å². The molecule has 3 heterocycles. The number of benzene rings is 1. The molecule has 0 bridgehead atoms. The Morgan fingerprint density at radius 3 is 2.47 bits per heavy atom. The molecule has 0 aliphatic carbocycles. The number of amides is 1. The zero-order chi connectivity index (χ0) is 24.5. The lowest BCUT2D eigenvalue weighted by Crippen LogP contribution is -2.53. The monoisotopic (exact) mass is 481 g/mol. The predicted octanol–water partition coefficient (Wildman–Crippen LogP) is 3.13. The van der Waals surface area contributed by atoms with Crippen LogP contribution in [0.3, 0.4) is 0 Å². The summed E-state index contributed by atoms with van der Waals surface area (Å²) in [6, 6.07) is 5.30. The van der Waals surface area contributed by atoms with Crippen LogP contribution in [-0.2, 0) is 23.9 Å². The lowest BCUT2D eigenvalue weighted by molar-refractivity contribution is -0.389. The summed E-state index contributed by atoms with van der Waals surface area (Å²) in [5, 5.41) is 10.8. The number of halogens is 3. The average Bonchev–Trinajstić information content (AvgIpc) is 3.29. The van der Waals surface area contributed by atoms with Gasteiger partial charge in [0.2, 0.25) is 5.91 Å². The van der Waals surface area contributed by atoms with E-state index in [1.165, 1.54) is 18.3 Å². The van der Waals surface area contributed by atoms with Gasteiger partial charge in [0.25, 0.3) is 0 Å². The van der Waals surface area contributed by atoms with Gasteiger partial charge in [-0.05, 0) is 42.4 Å². The summed E-state index contributed by atoms with van der Waals surface area (Å²) in [6.07, 6.45) is -1.50. The van der Waals surface area contributed by atoms with Gasteiger partial charge < -0.3 is 19.8 Å². The van der Waals surface area contributed by atoms with Gasteiger partial charge in [-0.1, -0.05) is 12.1 Å². The van der Waals surface area contributed by atoms with Crippen LogP contribution in [0.2, 0.25) is 0 Å². The maximum Gasteiger partial charge on any atom is 0.416 e. The molecule has 12 heteroatoms. The molecule has 0 spiro atoms. The minimum absolute atomic E-state index is 0.0438. The third-order valence-corrected chi connectivity index (χ3v) is 6.18. The quantitative estimate of drug-likeness (QED) is 0.446. The van der Waals surface area contributed by atoms with Crippen molar-refractivity contribution in [1.82, 2.24) is 19.4 Å². The van der Waals surface area contributed by atoms with Crippen LogP contribution in [0, 0.1) is 10.1 Å². The molecule has 1 unspecified atom stereocenters. The molecule has 0 N–H and O–H groups in total. The smallest absolute Gasteiger partial charge is 0.416 e. The number of rotatable bonds is 7. The zero-order valence-electron chi connectivity index (χ0n) is 18.8. The van der Waals surface area contributed by atoms with Crippen LogP contribution in [0.5, 0.6) is 6.01 Å². The Bertz CT molecular complexity index is 1020. The van der Waals surface area contributed by atoms with Crippen molar-refractivity contribution in [2.24, 2.45) is 0 Å². The first-order valence-corrected chi connectivity index (χ1v) is 11.1. The molecule has 2 aliphatic rings. The van der Waals surface area contributed by atoms with Crippen molar-refractivity contribution in [3.63, 3.8) is 0 Å². The highest BCUT2D eigenvalue weighted by Crippen LogP contribution is 2.32. The van der Waals surface area contributed by atoms with Crippen molar-refractivity contribution in [2.45, 2.75) is 44.5 Å². The van der Waals surface area contributed by atoms with E-state index in [0.717, 1.165) is 17.7 Å². The molecule has 0 radical (unpaired) electrons. The Hall–Kier alpha value is -3.15. The number of nitro groups is 1. The number of carbonyl (C=O) groups is 1. The van der Waals surface area contributed by atoms with Crippen molar-refractivity contribution >= 4 is 11.7 Å². The molecule has 4 rings (SSSR count). The number of hydrogen-bond acceptors (Lipinski definition) is 6. The van der Waals surface area contributed by atoms with Gasteiger partial charge in [-0.25, -0.2) is 0 Å². The Balaban J connectivity index is 1.18. The molecule has 34 heavy (non-hydrogen) atoms. The third-order valence-electron chi connectivity index (χ3n) is 6.18. The molecular formula is C22H26F3N5O4. The van der Waals surface area contributed by atoms with Gasteiger partial charge >= 0.3 is 18.0 Å². The molecule has 1 aromatic carbocycles. The van der Waals surface area contributed by atoms with Gasteiger partial charge in [0.1, 0.15) is 11.8 Å². The van der Waals surface area contributed by atoms with E-state index in [9.17, 15) is 28.1 Å². The highest BCUT2D eigenvalue weighted by Gasteiger charge is 2.42. The molecule has 1 aromatic heterocycles. The van der Waals surface area contributed by atoms with Crippen molar-refractivity contribution in [3.8, 4) is 6.01 Å². The summed E-state index contributed by atoms with van der Waals surface area (Å²) in [6.45, 7) is 5.56. The normalized spacial score (nSPS) is 20.8. The van der Waals surface area contributed by atoms with Crippen LogP contribution < -0.4 is 4.74 Å². The van der Waals surface area contributed by atoms with E-state index in [1.807, 2.05) is 11.8 Å². The van der Waals surface area contributed by atoms with Crippen LogP contribution in [0.4, 0.5) is 19.0 Å². The minimum Gasteiger partial charge on any atom is -0.436 e. The van der Waals surface area contributed by atoms with Crippen molar-refractivity contribution < 1.29 is 27.6 Å². The Kier molecular flexibility index (Phi) is 6.52. The first-order valence-electron chi connectivity index (χ1n) is 11.1. The van der Waals surface area contributed by atoms with Crippen LogP contribution in [0.1, 0.15) is 30.9 Å². The number of aromatic nitrogens is 2. The summed E-state index contributed by atoms with van der Waals surface area (Å²) in [5.41, 5.74) is -0.445. The van der Waals surface area contributed by atoms with E-state index in [0.29, 0.717) is 58.5 Å². The van der Waals surface area contributed by atoms with Crippen molar-refractivity contribution in [1.29, 1.82) is 0 Å². The lowest BCUT2D eigenvalue weighted by Gasteiger charge is -2.38. The van der Waals surface area contributed by atoms with Crippen LogP contribution in [-0.4, -0.2) is 68.5 Å². The van der Waals surface area contributed by atoms with Crippen LogP contribution >= 0.6 is 0 Å². The van der Waals surface area contributed by atoms with E-state index in [-0.39, 0.29) is 17.7 Å². The van der Waals surface area contributed by atoms with E-state index >= 15 is 0 Å². The van der Waals surface area contributed by atoms with Crippen LogP contribution in [0.15, 0.2) is 30.5 Å². The number of hydrogen-bond donors (Lipinski definition) is 0. The molecule has 0 saturated carbocycles. The highest BCUT2D eigenvalue weighted by molar-refractivity contribution is 5.76. The number of fused-ring (bicyclic) bond motifs is 1. The predicted molar refractivity (Wildman–Crippen MR) is 115 cm³/mol. The number of nitrogens with zero attached hydrogens (tertiary/aromatic N) is 5. The largest absolute Gasteiger partial charge is 0.436 e. The molecule has 9 nitrogen and oxygen atoms in total. The van der Waals surface area contributed by atoms with E-state index < -0.39 is 22.3 Å². The van der Waals surface area contributed by atoms with Crippen molar-refractivity contribution in [2.75, 3.05) is 32.7 Å². The minimum atomic E-state index is -4.35. The number of piperazine rings is 1. The summed E-state index contributed by atoms with van der Waals surface area (Å²) in [4.78, 5) is 30.8.